The molecular formula is C7H6N4O2. The highest BCUT2D eigenvalue weighted by Gasteiger charge is 2.49. The Kier molecular flexibility index (Phi) is 2.59. The number of carbonyl (C=O) groups excluding carboxylic acids is 2. The molecule has 0 spiro atoms. The Balaban J connectivity index is 2.55. The van der Waals surface area contributed by atoms with Crippen molar-refractivity contribution >= 4 is 24.0 Å². The van der Waals surface area contributed by atoms with Crippen LogP contribution in [0.2, 0.25) is 0 Å². The molecule has 0 heterocycles. The molecule has 66 valence electrons. The molecule has 13 heavy (non-hydrogen) atoms. The Labute approximate surface area is 73.4 Å². The summed E-state index contributed by atoms with van der Waals surface area (Å²) in [5.41, 5.74) is 16.1. The maximum Gasteiger partial charge on any atom is 0.323 e. The number of carbonyl (C=O) groups is 2. The van der Waals surface area contributed by atoms with Gasteiger partial charge in [-0.15, -0.1) is 0 Å². The summed E-state index contributed by atoms with van der Waals surface area (Å²) < 4.78 is 0. The Morgan fingerprint density at radius 1 is 1.08 bits per heavy atom. The van der Waals surface area contributed by atoms with Gasteiger partial charge in [0.15, 0.2) is 0 Å². The summed E-state index contributed by atoms with van der Waals surface area (Å²) in [6.45, 7) is 0. The molecule has 0 radical (unpaired) electrons. The first-order chi connectivity index (χ1) is 6.20. The lowest BCUT2D eigenvalue weighted by atomic mass is 10.2. The zero-order valence-corrected chi connectivity index (χ0v) is 6.62. The summed E-state index contributed by atoms with van der Waals surface area (Å²) in [6.07, 6.45) is 1.97. The van der Waals surface area contributed by atoms with E-state index in [9.17, 15) is 9.59 Å². The first kappa shape index (κ1) is 9.19. The van der Waals surface area contributed by atoms with Gasteiger partial charge < -0.3 is 11.1 Å². The fraction of sp³-hybridized carbons (Fsp3) is 0.429. The number of ketones is 2. The zero-order valence-electron chi connectivity index (χ0n) is 6.62. The zero-order chi connectivity index (χ0) is 9.84. The molecule has 6 heteroatoms. The van der Waals surface area contributed by atoms with Crippen LogP contribution in [-0.2, 0) is 9.59 Å². The smallest absolute Gasteiger partial charge is 0.323 e. The van der Waals surface area contributed by atoms with Crippen LogP contribution >= 0.6 is 0 Å². The molecule has 1 rings (SSSR count). The first-order valence-electron chi connectivity index (χ1n) is 3.63. The molecule has 0 saturated heterocycles. The average Bonchev–Trinajstić information content (AvgIpc) is 2.84. The fourth-order valence-electron chi connectivity index (χ4n) is 1.13. The molecular weight excluding hydrogens is 172 g/mol. The molecule has 0 N–H and O–H groups in total. The highest BCUT2D eigenvalue weighted by Crippen LogP contribution is 2.38. The molecule has 0 unspecified atom stereocenters. The Hall–Kier alpha value is -1.90. The van der Waals surface area contributed by atoms with Crippen LogP contribution in [0.4, 0.5) is 0 Å². The van der Waals surface area contributed by atoms with E-state index in [4.69, 9.17) is 11.1 Å². The van der Waals surface area contributed by atoms with Crippen molar-refractivity contribution < 1.29 is 19.2 Å². The summed E-state index contributed by atoms with van der Waals surface area (Å²) >= 11 is 0. The van der Waals surface area contributed by atoms with Crippen LogP contribution in [0.15, 0.2) is 0 Å². The van der Waals surface area contributed by atoms with Crippen molar-refractivity contribution in [2.45, 2.75) is 6.42 Å². The summed E-state index contributed by atoms with van der Waals surface area (Å²) in [5.74, 6) is -1.60. The highest BCUT2D eigenvalue weighted by molar-refractivity contribution is 6.33. The molecule has 0 aromatic heterocycles. The van der Waals surface area contributed by atoms with Gasteiger partial charge in [0.2, 0.25) is 11.6 Å². The van der Waals surface area contributed by atoms with Gasteiger partial charge >= 0.3 is 12.4 Å². The normalized spacial score (nSPS) is 23.7. The SMILES string of the molecule is [N-]=[N+]=CC(=O)[C@@H]1C[C@H]1C(=O)C=[N+]=[N-]. The van der Waals surface area contributed by atoms with Crippen molar-refractivity contribution in [3.05, 3.63) is 11.1 Å². The Morgan fingerprint density at radius 2 is 1.46 bits per heavy atom. The van der Waals surface area contributed by atoms with Gasteiger partial charge in [0, 0.05) is 11.8 Å². The molecule has 0 aliphatic heterocycles. The average molecular weight is 178 g/mol. The van der Waals surface area contributed by atoms with Crippen LogP contribution in [0.3, 0.4) is 0 Å². The number of Topliss-reactive ketones (excluding diaryl/α,β-unsaturated/α-hetero) is 2. The molecule has 0 aromatic carbocycles. The number of hydrogen-bond acceptors (Lipinski definition) is 2. The minimum Gasteiger partial charge on any atom is -0.361 e. The number of hydrogen-bond donors (Lipinski definition) is 0. The van der Waals surface area contributed by atoms with Crippen molar-refractivity contribution in [1.82, 2.24) is 0 Å². The van der Waals surface area contributed by atoms with Crippen LogP contribution in [0, 0.1) is 11.8 Å². The summed E-state index contributed by atoms with van der Waals surface area (Å²) in [6, 6.07) is 0. The Morgan fingerprint density at radius 3 is 1.77 bits per heavy atom. The van der Waals surface area contributed by atoms with Crippen molar-refractivity contribution in [2.24, 2.45) is 11.8 Å². The summed E-state index contributed by atoms with van der Waals surface area (Å²) in [5, 5.41) is 0. The van der Waals surface area contributed by atoms with Crippen LogP contribution in [0.25, 0.3) is 11.1 Å². The van der Waals surface area contributed by atoms with E-state index in [0.717, 1.165) is 12.4 Å². The second-order valence-electron chi connectivity index (χ2n) is 2.74. The van der Waals surface area contributed by atoms with Gasteiger partial charge in [0.25, 0.3) is 0 Å². The number of nitrogens with zero attached hydrogens (tertiary/aromatic N) is 4. The minimum absolute atomic E-state index is 0.382. The van der Waals surface area contributed by atoms with Gasteiger partial charge in [-0.2, -0.15) is 9.58 Å². The molecule has 0 amide bonds. The van der Waals surface area contributed by atoms with Gasteiger partial charge in [-0.3, -0.25) is 9.59 Å². The third-order valence-corrected chi connectivity index (χ3v) is 1.89. The maximum absolute atomic E-state index is 11.0. The second kappa shape index (κ2) is 3.67. The van der Waals surface area contributed by atoms with E-state index < -0.39 is 11.8 Å². The summed E-state index contributed by atoms with van der Waals surface area (Å²) in [4.78, 5) is 27.0. The molecule has 0 aromatic rings. The van der Waals surface area contributed by atoms with Crippen molar-refractivity contribution in [1.29, 1.82) is 0 Å². The third-order valence-electron chi connectivity index (χ3n) is 1.89. The molecule has 0 bridgehead atoms. The fourth-order valence-corrected chi connectivity index (χ4v) is 1.13. The summed E-state index contributed by atoms with van der Waals surface area (Å²) in [7, 11) is 0. The van der Waals surface area contributed by atoms with Gasteiger partial charge in [-0.05, 0) is 6.42 Å². The predicted molar refractivity (Wildman–Crippen MR) is 41.0 cm³/mol. The van der Waals surface area contributed by atoms with E-state index in [1.165, 1.54) is 0 Å². The highest BCUT2D eigenvalue weighted by atomic mass is 16.1. The van der Waals surface area contributed by atoms with Gasteiger partial charge in [0.05, 0.1) is 0 Å². The monoisotopic (exact) mass is 178 g/mol. The van der Waals surface area contributed by atoms with E-state index in [1.807, 2.05) is 0 Å². The van der Waals surface area contributed by atoms with Crippen molar-refractivity contribution in [3.63, 3.8) is 0 Å². The standard InChI is InChI=1S/C7H6N4O2/c8-10-2-6(12)4-1-5(4)7(13)3-11-9/h2-5H,1H2/t4-,5-/m1/s1. The van der Waals surface area contributed by atoms with E-state index in [1.54, 1.807) is 0 Å². The van der Waals surface area contributed by atoms with E-state index in [2.05, 4.69) is 9.58 Å². The molecule has 1 fully saturated rings. The minimum atomic E-state index is -0.415. The van der Waals surface area contributed by atoms with E-state index in [-0.39, 0.29) is 11.6 Å². The van der Waals surface area contributed by atoms with Crippen LogP contribution in [0.1, 0.15) is 6.42 Å². The Bertz CT molecular complexity index is 316. The molecule has 2 atom stereocenters. The topological polar surface area (TPSA) is 107 Å². The van der Waals surface area contributed by atoms with E-state index >= 15 is 0 Å². The largest absolute Gasteiger partial charge is 0.361 e. The molecule has 1 saturated carbocycles. The second-order valence-corrected chi connectivity index (χ2v) is 2.74. The lowest BCUT2D eigenvalue weighted by molar-refractivity contribution is -0.121. The lowest BCUT2D eigenvalue weighted by Gasteiger charge is -1.82. The van der Waals surface area contributed by atoms with Crippen LogP contribution in [-0.4, -0.2) is 33.6 Å². The van der Waals surface area contributed by atoms with Gasteiger partial charge in [-0.1, -0.05) is 0 Å². The molecule has 1 aliphatic rings. The lowest BCUT2D eigenvalue weighted by Crippen LogP contribution is -2.10. The maximum atomic E-state index is 11.0. The van der Waals surface area contributed by atoms with Crippen LogP contribution in [0.5, 0.6) is 0 Å². The van der Waals surface area contributed by atoms with Crippen molar-refractivity contribution in [2.75, 3.05) is 0 Å². The van der Waals surface area contributed by atoms with E-state index in [0.29, 0.717) is 6.42 Å². The third kappa shape index (κ3) is 2.02. The molecule has 1 aliphatic carbocycles. The first-order valence-corrected chi connectivity index (χ1v) is 3.63. The predicted octanol–water partition coefficient (Wildman–Crippen LogP) is -0.638. The quantitative estimate of drug-likeness (QED) is 0.324. The molecule has 6 nitrogen and oxygen atoms in total. The van der Waals surface area contributed by atoms with Gasteiger partial charge in [0.1, 0.15) is 0 Å². The van der Waals surface area contributed by atoms with Crippen LogP contribution < -0.4 is 0 Å². The van der Waals surface area contributed by atoms with Crippen molar-refractivity contribution in [3.8, 4) is 0 Å². The van der Waals surface area contributed by atoms with Gasteiger partial charge in [-0.25, -0.2) is 0 Å². The number of rotatable bonds is 4.